The number of hydrogen-bond acceptors (Lipinski definition) is 8. The average molecular weight is 646 g/mol. The number of nitrogens with zero attached hydrogens (tertiary/aromatic N) is 3. The number of fused-ring (bicyclic) bond motifs is 2. The fourth-order valence-electron chi connectivity index (χ4n) is 5.35. The number of rotatable bonds is 10. The van der Waals surface area contributed by atoms with E-state index in [1.165, 1.54) is 17.3 Å². The van der Waals surface area contributed by atoms with Gasteiger partial charge in [-0.05, 0) is 54.6 Å². The maximum Gasteiger partial charge on any atom is 0.340 e. The van der Waals surface area contributed by atoms with E-state index in [0.29, 0.717) is 64.8 Å². The Morgan fingerprint density at radius 1 is 0.978 bits per heavy atom. The minimum atomic E-state index is -3.91. The molecule has 0 saturated carbocycles. The Balaban J connectivity index is 1.53. The van der Waals surface area contributed by atoms with E-state index in [9.17, 15) is 13.2 Å². The number of methoxy groups -OCH3 is 1. The van der Waals surface area contributed by atoms with E-state index < -0.39 is 24.1 Å². The van der Waals surface area contributed by atoms with Crippen molar-refractivity contribution in [3.63, 3.8) is 0 Å². The minimum Gasteiger partial charge on any atom is -0.486 e. The second-order valence-corrected chi connectivity index (χ2v) is 19.4. The zero-order valence-electron chi connectivity index (χ0n) is 25.6. The van der Waals surface area contributed by atoms with E-state index in [4.69, 9.17) is 18.9 Å². The Morgan fingerprint density at radius 3 is 2.47 bits per heavy atom. The summed E-state index contributed by atoms with van der Waals surface area (Å²) in [7, 11) is -3.94. The molecule has 45 heavy (non-hydrogen) atoms. The molecule has 0 bridgehead atoms. The van der Waals surface area contributed by atoms with Crippen LogP contribution in [0, 0.1) is 0 Å². The Morgan fingerprint density at radius 2 is 1.73 bits per heavy atom. The summed E-state index contributed by atoms with van der Waals surface area (Å²) in [5.41, 5.74) is 3.24. The van der Waals surface area contributed by atoms with Gasteiger partial charge in [-0.25, -0.2) is 22.2 Å². The molecule has 3 aromatic heterocycles. The summed E-state index contributed by atoms with van der Waals surface area (Å²) in [5, 5.41) is 0.600. The molecule has 4 heterocycles. The lowest BCUT2D eigenvalue weighted by Crippen LogP contribution is -2.22. The van der Waals surface area contributed by atoms with Crippen LogP contribution in [-0.2, 0) is 26.2 Å². The summed E-state index contributed by atoms with van der Waals surface area (Å²) in [6.07, 6.45) is 3.07. The molecule has 5 aromatic rings. The number of carbonyl (C=O) groups is 1. The first-order valence-electron chi connectivity index (χ1n) is 14.7. The van der Waals surface area contributed by atoms with Crippen LogP contribution >= 0.6 is 0 Å². The van der Waals surface area contributed by atoms with E-state index in [2.05, 4.69) is 24.6 Å². The van der Waals surface area contributed by atoms with Crippen LogP contribution in [0.2, 0.25) is 25.7 Å². The number of benzene rings is 2. The van der Waals surface area contributed by atoms with Crippen molar-refractivity contribution in [2.75, 3.05) is 26.9 Å². The van der Waals surface area contributed by atoms with Crippen LogP contribution in [0.25, 0.3) is 33.5 Å². The predicted molar refractivity (Wildman–Crippen MR) is 174 cm³/mol. The van der Waals surface area contributed by atoms with Crippen molar-refractivity contribution in [3.8, 4) is 34.0 Å². The van der Waals surface area contributed by atoms with Crippen molar-refractivity contribution in [3.05, 3.63) is 84.7 Å². The van der Waals surface area contributed by atoms with Crippen LogP contribution in [0.1, 0.15) is 10.4 Å². The lowest BCUT2D eigenvalue weighted by molar-refractivity contribution is 0.0600. The fraction of sp³-hybridized carbons (Fsp3) is 0.273. The minimum absolute atomic E-state index is 0.146. The van der Waals surface area contributed by atoms with Gasteiger partial charge in [0.15, 0.2) is 17.1 Å². The molecule has 0 aliphatic carbocycles. The number of ether oxygens (including phenoxy) is 4. The molecule has 0 unspecified atom stereocenters. The molecule has 0 spiro atoms. The Labute approximate surface area is 263 Å². The third-order valence-electron chi connectivity index (χ3n) is 7.67. The standard InChI is InChI=1S/C33H35N3O7SSi/c1-40-33(37)27-21-28(25-12-14-34-32-26(25)13-15-36(32)44(38,39)24-8-6-5-7-9-24)35(22-41-18-19-45(2,3)4)31(27)23-10-11-29-30(20-23)43-17-16-42-29/h5-15,20-21H,16-19,22H2,1-4H3. The van der Waals surface area contributed by atoms with E-state index in [0.717, 1.165) is 6.04 Å². The zero-order valence-corrected chi connectivity index (χ0v) is 27.5. The van der Waals surface area contributed by atoms with Gasteiger partial charge in [0, 0.05) is 43.6 Å². The van der Waals surface area contributed by atoms with Gasteiger partial charge in [-0.2, -0.15) is 0 Å². The van der Waals surface area contributed by atoms with Gasteiger partial charge in [0.2, 0.25) is 0 Å². The number of aromatic nitrogens is 3. The topological polar surface area (TPSA) is 111 Å². The molecular weight excluding hydrogens is 611 g/mol. The van der Waals surface area contributed by atoms with Gasteiger partial charge >= 0.3 is 5.97 Å². The van der Waals surface area contributed by atoms with E-state index in [1.807, 2.05) is 28.8 Å². The van der Waals surface area contributed by atoms with Gasteiger partial charge in [0.25, 0.3) is 10.0 Å². The van der Waals surface area contributed by atoms with Crippen molar-refractivity contribution in [2.45, 2.75) is 37.3 Å². The van der Waals surface area contributed by atoms with Gasteiger partial charge in [-0.1, -0.05) is 37.8 Å². The molecule has 6 rings (SSSR count). The highest BCUT2D eigenvalue weighted by atomic mass is 32.2. The normalized spacial score (nSPS) is 13.2. The Bertz CT molecular complexity index is 1980. The molecular formula is C33H35N3O7SSi. The van der Waals surface area contributed by atoms with Crippen molar-refractivity contribution < 1.29 is 32.2 Å². The zero-order chi connectivity index (χ0) is 31.8. The summed E-state index contributed by atoms with van der Waals surface area (Å²) in [4.78, 5) is 17.9. The second kappa shape index (κ2) is 12.2. The summed E-state index contributed by atoms with van der Waals surface area (Å²) < 4.78 is 53.4. The number of hydrogen-bond donors (Lipinski definition) is 0. The molecule has 1 aliphatic heterocycles. The highest BCUT2D eigenvalue weighted by Gasteiger charge is 2.27. The molecule has 0 amide bonds. The largest absolute Gasteiger partial charge is 0.486 e. The molecule has 1 aliphatic rings. The molecule has 0 atom stereocenters. The van der Waals surface area contributed by atoms with Crippen molar-refractivity contribution in [1.29, 1.82) is 0 Å². The SMILES string of the molecule is COC(=O)c1cc(-c2ccnc3c2ccn3S(=O)(=O)c2ccccc2)n(COCC[Si](C)(C)C)c1-c1ccc2c(c1)OCCO2. The number of carbonyl (C=O) groups excluding carboxylic acids is 1. The summed E-state index contributed by atoms with van der Waals surface area (Å²) in [6, 6.07) is 20.0. The first-order chi connectivity index (χ1) is 21.6. The first kappa shape index (κ1) is 30.6. The van der Waals surface area contributed by atoms with Gasteiger partial charge in [0.1, 0.15) is 19.9 Å². The molecule has 234 valence electrons. The first-order valence-corrected chi connectivity index (χ1v) is 19.8. The molecule has 0 radical (unpaired) electrons. The molecule has 0 N–H and O–H groups in total. The van der Waals surface area contributed by atoms with Gasteiger partial charge < -0.3 is 23.5 Å². The summed E-state index contributed by atoms with van der Waals surface area (Å²) >= 11 is 0. The van der Waals surface area contributed by atoms with Crippen LogP contribution in [0.4, 0.5) is 0 Å². The van der Waals surface area contributed by atoms with Gasteiger partial charge in [-0.15, -0.1) is 0 Å². The molecule has 0 fully saturated rings. The lowest BCUT2D eigenvalue weighted by Gasteiger charge is -2.21. The number of pyridine rings is 1. The van der Waals surface area contributed by atoms with Gasteiger partial charge in [-0.3, -0.25) is 0 Å². The van der Waals surface area contributed by atoms with E-state index in [-0.39, 0.29) is 17.3 Å². The van der Waals surface area contributed by atoms with Gasteiger partial charge in [0.05, 0.1) is 29.0 Å². The Hall–Kier alpha value is -4.39. The monoisotopic (exact) mass is 645 g/mol. The third-order valence-corrected chi connectivity index (χ3v) is 11.0. The van der Waals surface area contributed by atoms with Crippen LogP contribution in [0.3, 0.4) is 0 Å². The maximum absolute atomic E-state index is 13.6. The molecule has 12 heteroatoms. The fourth-order valence-corrected chi connectivity index (χ4v) is 7.43. The maximum atomic E-state index is 13.6. The predicted octanol–water partition coefficient (Wildman–Crippen LogP) is 6.28. The lowest BCUT2D eigenvalue weighted by atomic mass is 10.1. The highest BCUT2D eigenvalue weighted by Crippen LogP contribution is 2.40. The second-order valence-electron chi connectivity index (χ2n) is 11.9. The van der Waals surface area contributed by atoms with Crippen molar-refractivity contribution in [2.24, 2.45) is 0 Å². The third kappa shape index (κ3) is 6.00. The average Bonchev–Trinajstić information content (AvgIpc) is 3.65. The smallest absolute Gasteiger partial charge is 0.340 e. The van der Waals surface area contributed by atoms with Crippen LogP contribution < -0.4 is 9.47 Å². The highest BCUT2D eigenvalue weighted by molar-refractivity contribution is 7.90. The molecule has 2 aromatic carbocycles. The van der Waals surface area contributed by atoms with Crippen LogP contribution in [0.5, 0.6) is 11.5 Å². The van der Waals surface area contributed by atoms with Crippen molar-refractivity contribution >= 4 is 35.1 Å². The molecule has 0 saturated heterocycles. The number of esters is 1. The summed E-state index contributed by atoms with van der Waals surface area (Å²) in [6.45, 7) is 8.44. The summed E-state index contributed by atoms with van der Waals surface area (Å²) in [5.74, 6) is 0.695. The quantitative estimate of drug-likeness (QED) is 0.0992. The molecule has 10 nitrogen and oxygen atoms in total. The van der Waals surface area contributed by atoms with Crippen LogP contribution in [0.15, 0.2) is 84.0 Å². The Kier molecular flexibility index (Phi) is 8.29. The van der Waals surface area contributed by atoms with E-state index >= 15 is 0 Å². The van der Waals surface area contributed by atoms with Crippen molar-refractivity contribution in [1.82, 2.24) is 13.5 Å². The van der Waals surface area contributed by atoms with E-state index in [1.54, 1.807) is 48.7 Å². The van der Waals surface area contributed by atoms with Crippen LogP contribution in [-0.4, -0.2) is 62.9 Å².